The second-order valence-electron chi connectivity index (χ2n) is 7.75. The first kappa shape index (κ1) is 17.2. The number of rotatable bonds is 7. The van der Waals surface area contributed by atoms with E-state index >= 15 is 0 Å². The lowest BCUT2D eigenvalue weighted by molar-refractivity contribution is 0.196. The van der Waals surface area contributed by atoms with Gasteiger partial charge < -0.3 is 10.4 Å². The van der Waals surface area contributed by atoms with Gasteiger partial charge in [0.05, 0.1) is 0 Å². The van der Waals surface area contributed by atoms with Gasteiger partial charge in [0.1, 0.15) is 0 Å². The molecule has 2 heteroatoms. The summed E-state index contributed by atoms with van der Waals surface area (Å²) in [6.45, 7) is 12.4. The molecular formula is C18H31NO. The fourth-order valence-corrected chi connectivity index (χ4v) is 2.40. The molecule has 2 N–H and O–H groups in total. The Morgan fingerprint density at radius 3 is 2.15 bits per heavy atom. The summed E-state index contributed by atoms with van der Waals surface area (Å²) in [6.07, 6.45) is 1.93. The van der Waals surface area contributed by atoms with Crippen molar-refractivity contribution in [3.63, 3.8) is 0 Å². The van der Waals surface area contributed by atoms with Gasteiger partial charge in [-0.15, -0.1) is 0 Å². The van der Waals surface area contributed by atoms with Crippen LogP contribution in [-0.4, -0.2) is 18.3 Å². The number of nitrogens with one attached hydrogen (secondary N) is 1. The van der Waals surface area contributed by atoms with E-state index in [0.29, 0.717) is 6.04 Å². The molecule has 0 saturated carbocycles. The molecule has 0 fully saturated rings. The summed E-state index contributed by atoms with van der Waals surface area (Å²) < 4.78 is 0. The molecule has 114 valence electrons. The molecule has 0 aliphatic carbocycles. The van der Waals surface area contributed by atoms with Gasteiger partial charge in [-0.3, -0.25) is 0 Å². The third-order valence-corrected chi connectivity index (χ3v) is 3.63. The Morgan fingerprint density at radius 1 is 1.05 bits per heavy atom. The van der Waals surface area contributed by atoms with Crippen molar-refractivity contribution in [3.8, 4) is 0 Å². The highest BCUT2D eigenvalue weighted by atomic mass is 16.3. The first-order valence-corrected chi connectivity index (χ1v) is 7.63. The molecule has 0 aliphatic heterocycles. The lowest BCUT2D eigenvalue weighted by Crippen LogP contribution is -2.34. The van der Waals surface area contributed by atoms with E-state index < -0.39 is 0 Å². The second kappa shape index (κ2) is 7.24. The van der Waals surface area contributed by atoms with Crippen LogP contribution in [0.4, 0.5) is 0 Å². The van der Waals surface area contributed by atoms with E-state index in [1.54, 1.807) is 0 Å². The lowest BCUT2D eigenvalue weighted by Gasteiger charge is -2.31. The van der Waals surface area contributed by atoms with Crippen molar-refractivity contribution in [2.24, 2.45) is 10.8 Å². The molecule has 20 heavy (non-hydrogen) atoms. The average molecular weight is 277 g/mol. The summed E-state index contributed by atoms with van der Waals surface area (Å²) in [5.74, 6) is 0. The Labute approximate surface area is 124 Å². The van der Waals surface area contributed by atoms with Crippen molar-refractivity contribution in [2.45, 2.75) is 53.5 Å². The van der Waals surface area contributed by atoms with E-state index in [-0.39, 0.29) is 17.4 Å². The largest absolute Gasteiger partial charge is 0.396 e. The maximum absolute atomic E-state index is 9.14. The maximum atomic E-state index is 9.14. The summed E-state index contributed by atoms with van der Waals surface area (Å²) in [6, 6.07) is 11.0. The number of benzene rings is 1. The normalized spacial score (nSPS) is 14.3. The van der Waals surface area contributed by atoms with Gasteiger partial charge in [0.25, 0.3) is 0 Å². The molecule has 2 nitrogen and oxygen atoms in total. The molecule has 0 heterocycles. The minimum atomic E-state index is 0.125. The third-order valence-electron chi connectivity index (χ3n) is 3.63. The van der Waals surface area contributed by atoms with Crippen LogP contribution in [-0.2, 0) is 0 Å². The molecule has 1 aromatic carbocycles. The standard InChI is InChI=1S/C18H31NO/c1-17(2,3)13-16(15-9-7-6-8-10-15)19-14-18(4,5)11-12-20/h6-10,16,19-20H,11-14H2,1-5H3. The van der Waals surface area contributed by atoms with Crippen LogP contribution in [0.15, 0.2) is 30.3 Å². The van der Waals surface area contributed by atoms with Crippen molar-refractivity contribution in [3.05, 3.63) is 35.9 Å². The van der Waals surface area contributed by atoms with Crippen LogP contribution in [0.2, 0.25) is 0 Å². The number of aliphatic hydroxyl groups is 1. The number of aliphatic hydroxyl groups excluding tert-OH is 1. The average Bonchev–Trinajstić information content (AvgIpc) is 2.34. The van der Waals surface area contributed by atoms with Crippen LogP contribution < -0.4 is 5.32 Å². The van der Waals surface area contributed by atoms with Gasteiger partial charge in [-0.2, -0.15) is 0 Å². The molecule has 1 atom stereocenters. The van der Waals surface area contributed by atoms with E-state index in [0.717, 1.165) is 19.4 Å². The predicted molar refractivity (Wildman–Crippen MR) is 86.7 cm³/mol. The smallest absolute Gasteiger partial charge is 0.0436 e. The van der Waals surface area contributed by atoms with Crippen LogP contribution in [0.3, 0.4) is 0 Å². The summed E-state index contributed by atoms with van der Waals surface area (Å²) in [7, 11) is 0. The third kappa shape index (κ3) is 6.53. The Bertz CT molecular complexity index is 378. The fourth-order valence-electron chi connectivity index (χ4n) is 2.40. The zero-order valence-electron chi connectivity index (χ0n) is 13.7. The minimum Gasteiger partial charge on any atom is -0.396 e. The summed E-state index contributed by atoms with van der Waals surface area (Å²) >= 11 is 0. The van der Waals surface area contributed by atoms with Crippen LogP contribution in [0.1, 0.15) is 59.1 Å². The molecule has 1 aromatic rings. The number of hydrogen-bond acceptors (Lipinski definition) is 2. The van der Waals surface area contributed by atoms with E-state index in [1.807, 2.05) is 0 Å². The lowest BCUT2D eigenvalue weighted by atomic mass is 9.84. The van der Waals surface area contributed by atoms with Crippen LogP contribution in [0.25, 0.3) is 0 Å². The highest BCUT2D eigenvalue weighted by Crippen LogP contribution is 2.30. The Morgan fingerprint density at radius 2 is 1.65 bits per heavy atom. The second-order valence-corrected chi connectivity index (χ2v) is 7.75. The molecule has 0 spiro atoms. The molecule has 1 rings (SSSR count). The predicted octanol–water partition coefficient (Wildman–Crippen LogP) is 4.16. The van der Waals surface area contributed by atoms with E-state index in [9.17, 15) is 0 Å². The van der Waals surface area contributed by atoms with Gasteiger partial charge >= 0.3 is 0 Å². The SMILES string of the molecule is CC(C)(C)CC(NCC(C)(C)CCO)c1ccccc1. The summed E-state index contributed by atoms with van der Waals surface area (Å²) in [5.41, 5.74) is 1.76. The van der Waals surface area contributed by atoms with Crippen molar-refractivity contribution in [2.75, 3.05) is 13.2 Å². The van der Waals surface area contributed by atoms with Gasteiger partial charge in [0.2, 0.25) is 0 Å². The Hall–Kier alpha value is -0.860. The van der Waals surface area contributed by atoms with Crippen molar-refractivity contribution in [1.82, 2.24) is 5.32 Å². The monoisotopic (exact) mass is 277 g/mol. The highest BCUT2D eigenvalue weighted by Gasteiger charge is 2.23. The quantitative estimate of drug-likeness (QED) is 0.784. The van der Waals surface area contributed by atoms with Gasteiger partial charge in [-0.25, -0.2) is 0 Å². The summed E-state index contributed by atoms with van der Waals surface area (Å²) in [5, 5.41) is 12.8. The Kier molecular flexibility index (Phi) is 6.22. The van der Waals surface area contributed by atoms with Crippen LogP contribution in [0.5, 0.6) is 0 Å². The molecule has 0 amide bonds. The molecule has 0 radical (unpaired) electrons. The first-order valence-electron chi connectivity index (χ1n) is 7.63. The zero-order valence-corrected chi connectivity index (χ0v) is 13.7. The van der Waals surface area contributed by atoms with E-state index in [1.165, 1.54) is 5.56 Å². The van der Waals surface area contributed by atoms with Crippen LogP contribution >= 0.6 is 0 Å². The van der Waals surface area contributed by atoms with Crippen molar-refractivity contribution in [1.29, 1.82) is 0 Å². The first-order chi connectivity index (χ1) is 9.23. The molecule has 0 aromatic heterocycles. The van der Waals surface area contributed by atoms with E-state index in [4.69, 9.17) is 5.11 Å². The maximum Gasteiger partial charge on any atom is 0.0436 e. The molecule has 0 saturated heterocycles. The van der Waals surface area contributed by atoms with Gasteiger partial charge in [-0.05, 0) is 29.2 Å². The summed E-state index contributed by atoms with van der Waals surface area (Å²) in [4.78, 5) is 0. The fraction of sp³-hybridized carbons (Fsp3) is 0.667. The van der Waals surface area contributed by atoms with Crippen molar-refractivity contribution >= 4 is 0 Å². The van der Waals surface area contributed by atoms with Crippen LogP contribution in [0, 0.1) is 10.8 Å². The highest BCUT2D eigenvalue weighted by molar-refractivity contribution is 5.19. The van der Waals surface area contributed by atoms with Crippen molar-refractivity contribution < 1.29 is 5.11 Å². The van der Waals surface area contributed by atoms with Gasteiger partial charge in [0.15, 0.2) is 0 Å². The topological polar surface area (TPSA) is 32.3 Å². The molecule has 0 bridgehead atoms. The Balaban J connectivity index is 2.74. The minimum absolute atomic E-state index is 0.125. The van der Waals surface area contributed by atoms with E-state index in [2.05, 4.69) is 70.3 Å². The number of hydrogen-bond donors (Lipinski definition) is 2. The molecule has 1 unspecified atom stereocenters. The van der Waals surface area contributed by atoms with Gasteiger partial charge in [0, 0.05) is 19.2 Å². The zero-order chi connectivity index (χ0) is 15.2. The van der Waals surface area contributed by atoms with Gasteiger partial charge in [-0.1, -0.05) is 65.0 Å². The molecular weight excluding hydrogens is 246 g/mol. The molecule has 0 aliphatic rings.